The van der Waals surface area contributed by atoms with Crippen molar-refractivity contribution in [1.82, 2.24) is 4.90 Å². The topological polar surface area (TPSA) is 61.8 Å². The maximum absolute atomic E-state index is 8.56. The van der Waals surface area contributed by atoms with Gasteiger partial charge in [-0.15, -0.1) is 0 Å². The van der Waals surface area contributed by atoms with Gasteiger partial charge in [0.05, 0.1) is 0 Å². The van der Waals surface area contributed by atoms with Gasteiger partial charge in [0.15, 0.2) is 0 Å². The minimum absolute atomic E-state index is 0.286. The molecule has 0 saturated heterocycles. The number of hydrogen-bond acceptors (Lipinski definition) is 3. The lowest BCUT2D eigenvalue weighted by molar-refractivity contribution is 0.204. The third kappa shape index (κ3) is 3.38. The third-order valence-corrected chi connectivity index (χ3v) is 3.57. The molecule has 1 aliphatic rings. The highest BCUT2D eigenvalue weighted by Gasteiger charge is 2.44. The number of rotatable bonds is 6. The molecule has 1 rings (SSSR count). The van der Waals surface area contributed by atoms with Crippen LogP contribution >= 0.6 is 0 Å². The molecular formula is C11H23N3O. The minimum atomic E-state index is 0.286. The molecule has 4 nitrogen and oxygen atoms in total. The lowest BCUT2D eigenvalue weighted by Gasteiger charge is -2.28. The van der Waals surface area contributed by atoms with Gasteiger partial charge in [0.2, 0.25) is 0 Å². The Hall–Kier alpha value is -0.770. The molecule has 1 aliphatic carbocycles. The summed E-state index contributed by atoms with van der Waals surface area (Å²) in [4.78, 5) is 2.37. The first kappa shape index (κ1) is 12.3. The van der Waals surface area contributed by atoms with Crippen molar-refractivity contribution in [3.05, 3.63) is 0 Å². The molecule has 0 aromatic heterocycles. The summed E-state index contributed by atoms with van der Waals surface area (Å²) in [5.74, 6) is 0.366. The second-order valence-corrected chi connectivity index (χ2v) is 4.94. The monoisotopic (exact) mass is 213 g/mol. The molecule has 1 fully saturated rings. The summed E-state index contributed by atoms with van der Waals surface area (Å²) in [5, 5.41) is 11.6. The first-order valence-electron chi connectivity index (χ1n) is 5.69. The molecule has 3 N–H and O–H groups in total. The second kappa shape index (κ2) is 4.84. The summed E-state index contributed by atoms with van der Waals surface area (Å²) < 4.78 is 0. The predicted octanol–water partition coefficient (Wildman–Crippen LogP) is 1.63. The highest BCUT2D eigenvalue weighted by Crippen LogP contribution is 2.49. The molecule has 4 heteroatoms. The SMILES string of the molecule is CCC(C)N(C)CC1(CC(N)=NO)CC1. The largest absolute Gasteiger partial charge is 0.409 e. The number of amidine groups is 1. The van der Waals surface area contributed by atoms with E-state index in [1.807, 2.05) is 0 Å². The van der Waals surface area contributed by atoms with Crippen molar-refractivity contribution in [2.45, 2.75) is 45.6 Å². The van der Waals surface area contributed by atoms with Crippen molar-refractivity contribution in [2.75, 3.05) is 13.6 Å². The van der Waals surface area contributed by atoms with Crippen molar-refractivity contribution in [2.24, 2.45) is 16.3 Å². The zero-order chi connectivity index (χ0) is 11.5. The van der Waals surface area contributed by atoms with Crippen LogP contribution in [-0.4, -0.2) is 35.6 Å². The number of hydrogen-bond donors (Lipinski definition) is 2. The summed E-state index contributed by atoms with van der Waals surface area (Å²) in [7, 11) is 2.15. The molecule has 0 aromatic rings. The zero-order valence-electron chi connectivity index (χ0n) is 10.0. The van der Waals surface area contributed by atoms with E-state index in [1.54, 1.807) is 0 Å². The Balaban J connectivity index is 2.43. The second-order valence-electron chi connectivity index (χ2n) is 4.94. The molecule has 0 bridgehead atoms. The van der Waals surface area contributed by atoms with E-state index < -0.39 is 0 Å². The maximum Gasteiger partial charge on any atom is 0.139 e. The van der Waals surface area contributed by atoms with E-state index in [4.69, 9.17) is 10.9 Å². The van der Waals surface area contributed by atoms with Crippen molar-refractivity contribution >= 4 is 5.84 Å². The summed E-state index contributed by atoms with van der Waals surface area (Å²) in [6.07, 6.45) is 4.29. The highest BCUT2D eigenvalue weighted by molar-refractivity contribution is 5.80. The van der Waals surface area contributed by atoms with Crippen LogP contribution in [0.15, 0.2) is 5.16 Å². The van der Waals surface area contributed by atoms with Gasteiger partial charge < -0.3 is 15.8 Å². The quantitative estimate of drug-likeness (QED) is 0.305. The number of nitrogens with zero attached hydrogens (tertiary/aromatic N) is 2. The molecule has 0 spiro atoms. The van der Waals surface area contributed by atoms with Crippen LogP contribution in [0.3, 0.4) is 0 Å². The fourth-order valence-electron chi connectivity index (χ4n) is 1.98. The molecule has 15 heavy (non-hydrogen) atoms. The summed E-state index contributed by atoms with van der Waals surface area (Å²) in [5.41, 5.74) is 5.85. The van der Waals surface area contributed by atoms with E-state index in [9.17, 15) is 0 Å². The van der Waals surface area contributed by atoms with E-state index in [-0.39, 0.29) is 5.41 Å². The van der Waals surface area contributed by atoms with E-state index in [0.717, 1.165) is 19.4 Å². The standard InChI is InChI=1S/C11H23N3O/c1-4-9(2)14(3)8-11(5-6-11)7-10(12)13-15/h9,15H,4-8H2,1-3H3,(H2,12,13). The van der Waals surface area contributed by atoms with Crippen molar-refractivity contribution in [1.29, 1.82) is 0 Å². The minimum Gasteiger partial charge on any atom is -0.409 e. The lowest BCUT2D eigenvalue weighted by atomic mass is 10.0. The number of oxime groups is 1. The molecular weight excluding hydrogens is 190 g/mol. The van der Waals surface area contributed by atoms with Gasteiger partial charge in [0.1, 0.15) is 5.84 Å². The Morgan fingerprint density at radius 1 is 1.60 bits per heavy atom. The number of nitrogens with two attached hydrogens (primary N) is 1. The average molecular weight is 213 g/mol. The van der Waals surface area contributed by atoms with E-state index >= 15 is 0 Å². The van der Waals surface area contributed by atoms with Gasteiger partial charge in [-0.25, -0.2) is 0 Å². The molecule has 1 atom stereocenters. The fraction of sp³-hybridized carbons (Fsp3) is 0.909. The molecule has 0 amide bonds. The molecule has 0 heterocycles. The maximum atomic E-state index is 8.56. The summed E-state index contributed by atoms with van der Waals surface area (Å²) in [6.45, 7) is 5.49. The van der Waals surface area contributed by atoms with Gasteiger partial charge in [-0.1, -0.05) is 12.1 Å². The van der Waals surface area contributed by atoms with Gasteiger partial charge in [-0.05, 0) is 38.6 Å². The zero-order valence-corrected chi connectivity index (χ0v) is 10.0. The molecule has 0 aliphatic heterocycles. The van der Waals surface area contributed by atoms with E-state index in [2.05, 4.69) is 31.0 Å². The Kier molecular flexibility index (Phi) is 3.97. The molecule has 88 valence electrons. The van der Waals surface area contributed by atoms with E-state index in [0.29, 0.717) is 11.9 Å². The third-order valence-electron chi connectivity index (χ3n) is 3.57. The van der Waals surface area contributed by atoms with Gasteiger partial charge in [-0.3, -0.25) is 0 Å². The summed E-state index contributed by atoms with van der Waals surface area (Å²) >= 11 is 0. The molecule has 1 saturated carbocycles. The Bertz CT molecular complexity index is 236. The van der Waals surface area contributed by atoms with Gasteiger partial charge in [0.25, 0.3) is 0 Å². The van der Waals surface area contributed by atoms with Crippen LogP contribution < -0.4 is 5.73 Å². The Labute approximate surface area is 92.1 Å². The van der Waals surface area contributed by atoms with Crippen molar-refractivity contribution in [3.8, 4) is 0 Å². The van der Waals surface area contributed by atoms with Gasteiger partial charge in [0, 0.05) is 19.0 Å². The average Bonchev–Trinajstić information content (AvgIpc) is 2.96. The van der Waals surface area contributed by atoms with Crippen LogP contribution in [0.4, 0.5) is 0 Å². The normalized spacial score (nSPS) is 21.7. The smallest absolute Gasteiger partial charge is 0.139 e. The van der Waals surface area contributed by atoms with Crippen LogP contribution in [0.2, 0.25) is 0 Å². The first-order valence-corrected chi connectivity index (χ1v) is 5.69. The molecule has 1 unspecified atom stereocenters. The van der Waals surface area contributed by atoms with Crippen LogP contribution in [0, 0.1) is 5.41 Å². The van der Waals surface area contributed by atoms with E-state index in [1.165, 1.54) is 12.8 Å². The molecule has 0 aromatic carbocycles. The van der Waals surface area contributed by atoms with Gasteiger partial charge in [-0.2, -0.15) is 0 Å². The Morgan fingerprint density at radius 3 is 2.60 bits per heavy atom. The van der Waals surface area contributed by atoms with Crippen molar-refractivity contribution < 1.29 is 5.21 Å². The Morgan fingerprint density at radius 2 is 2.20 bits per heavy atom. The van der Waals surface area contributed by atoms with Crippen LogP contribution in [-0.2, 0) is 0 Å². The van der Waals surface area contributed by atoms with Crippen LogP contribution in [0.1, 0.15) is 39.5 Å². The molecule has 0 radical (unpaired) electrons. The summed E-state index contributed by atoms with van der Waals surface area (Å²) in [6, 6.07) is 0.606. The van der Waals surface area contributed by atoms with Crippen LogP contribution in [0.25, 0.3) is 0 Å². The van der Waals surface area contributed by atoms with Gasteiger partial charge >= 0.3 is 0 Å². The first-order chi connectivity index (χ1) is 7.03. The highest BCUT2D eigenvalue weighted by atomic mass is 16.4. The predicted molar refractivity (Wildman–Crippen MR) is 62.1 cm³/mol. The fourth-order valence-corrected chi connectivity index (χ4v) is 1.98. The van der Waals surface area contributed by atoms with Crippen molar-refractivity contribution in [3.63, 3.8) is 0 Å². The lowest BCUT2D eigenvalue weighted by Crippen LogP contribution is -2.35. The van der Waals surface area contributed by atoms with Crippen LogP contribution in [0.5, 0.6) is 0 Å².